The SMILES string of the molecule is CCn1cc(S(=O)(=O)N2CCN(C)[C@@H](CCO)C2)cn1. The molecule has 0 saturated carbocycles. The molecule has 1 aliphatic heterocycles. The van der Waals surface area contributed by atoms with Crippen LogP contribution in [0.2, 0.25) is 0 Å². The summed E-state index contributed by atoms with van der Waals surface area (Å²) in [7, 11) is -1.53. The van der Waals surface area contributed by atoms with Crippen molar-refractivity contribution in [1.29, 1.82) is 0 Å². The lowest BCUT2D eigenvalue weighted by molar-refractivity contribution is 0.120. The highest BCUT2D eigenvalue weighted by Gasteiger charge is 2.33. The van der Waals surface area contributed by atoms with Gasteiger partial charge in [-0.3, -0.25) is 4.68 Å². The molecule has 1 saturated heterocycles. The van der Waals surface area contributed by atoms with Crippen LogP contribution in [0, 0.1) is 0 Å². The van der Waals surface area contributed by atoms with Crippen molar-refractivity contribution < 1.29 is 13.5 Å². The summed E-state index contributed by atoms with van der Waals surface area (Å²) >= 11 is 0. The second-order valence-electron chi connectivity index (χ2n) is 5.04. The number of hydrogen-bond acceptors (Lipinski definition) is 5. The molecule has 1 aromatic rings. The molecule has 2 rings (SSSR count). The van der Waals surface area contributed by atoms with Crippen LogP contribution >= 0.6 is 0 Å². The molecule has 0 spiro atoms. The monoisotopic (exact) mass is 302 g/mol. The Hall–Kier alpha value is -0.960. The van der Waals surface area contributed by atoms with Crippen LogP contribution in [-0.4, -0.2) is 71.8 Å². The van der Waals surface area contributed by atoms with Crippen molar-refractivity contribution in [3.05, 3.63) is 12.4 Å². The molecule has 114 valence electrons. The van der Waals surface area contributed by atoms with Crippen LogP contribution in [0.5, 0.6) is 0 Å². The first-order chi connectivity index (χ1) is 9.48. The number of aryl methyl sites for hydroxylation is 1. The number of rotatable bonds is 5. The van der Waals surface area contributed by atoms with E-state index in [0.29, 0.717) is 32.6 Å². The normalized spacial score (nSPS) is 22.2. The third-order valence-electron chi connectivity index (χ3n) is 3.77. The summed E-state index contributed by atoms with van der Waals surface area (Å²) in [6, 6.07) is 0.0599. The van der Waals surface area contributed by atoms with E-state index in [4.69, 9.17) is 5.11 Å². The second-order valence-corrected chi connectivity index (χ2v) is 6.98. The second kappa shape index (κ2) is 6.21. The minimum atomic E-state index is -3.48. The van der Waals surface area contributed by atoms with E-state index in [-0.39, 0.29) is 17.5 Å². The minimum absolute atomic E-state index is 0.0599. The van der Waals surface area contributed by atoms with Gasteiger partial charge in [0.2, 0.25) is 10.0 Å². The number of aromatic nitrogens is 2. The third-order valence-corrected chi connectivity index (χ3v) is 5.59. The quantitative estimate of drug-likeness (QED) is 0.800. The Kier molecular flexibility index (Phi) is 4.79. The molecule has 0 radical (unpaired) electrons. The molecular weight excluding hydrogens is 280 g/mol. The molecule has 8 heteroatoms. The number of hydrogen-bond donors (Lipinski definition) is 1. The van der Waals surface area contributed by atoms with E-state index in [1.54, 1.807) is 10.9 Å². The van der Waals surface area contributed by atoms with Gasteiger partial charge in [-0.25, -0.2) is 8.42 Å². The minimum Gasteiger partial charge on any atom is -0.396 e. The predicted octanol–water partition coefficient (Wildman–Crippen LogP) is -0.410. The van der Waals surface area contributed by atoms with Crippen molar-refractivity contribution in [3.8, 4) is 0 Å². The summed E-state index contributed by atoms with van der Waals surface area (Å²) in [5.41, 5.74) is 0. The van der Waals surface area contributed by atoms with E-state index in [2.05, 4.69) is 10.00 Å². The molecule has 1 N–H and O–H groups in total. The van der Waals surface area contributed by atoms with Crippen molar-refractivity contribution in [2.45, 2.75) is 30.8 Å². The van der Waals surface area contributed by atoms with Crippen molar-refractivity contribution >= 4 is 10.0 Å². The summed E-state index contributed by atoms with van der Waals surface area (Å²) in [6.45, 7) is 4.18. The van der Waals surface area contributed by atoms with Gasteiger partial charge in [-0.05, 0) is 20.4 Å². The lowest BCUT2D eigenvalue weighted by atomic mass is 10.1. The molecule has 7 nitrogen and oxygen atoms in total. The molecule has 20 heavy (non-hydrogen) atoms. The van der Waals surface area contributed by atoms with E-state index >= 15 is 0 Å². The third kappa shape index (κ3) is 3.03. The van der Waals surface area contributed by atoms with Gasteiger partial charge in [-0.2, -0.15) is 9.40 Å². The van der Waals surface area contributed by atoms with Crippen LogP contribution in [0.4, 0.5) is 0 Å². The molecule has 0 aliphatic carbocycles. The van der Waals surface area contributed by atoms with E-state index in [1.165, 1.54) is 10.5 Å². The fourth-order valence-electron chi connectivity index (χ4n) is 2.40. The first-order valence-electron chi connectivity index (χ1n) is 6.82. The highest BCUT2D eigenvalue weighted by molar-refractivity contribution is 7.89. The summed E-state index contributed by atoms with van der Waals surface area (Å²) in [6.07, 6.45) is 3.55. The molecule has 2 heterocycles. The Labute approximate surface area is 119 Å². The van der Waals surface area contributed by atoms with E-state index in [1.807, 2.05) is 14.0 Å². The van der Waals surface area contributed by atoms with Gasteiger partial charge in [0.25, 0.3) is 0 Å². The zero-order valence-corrected chi connectivity index (χ0v) is 12.8. The maximum absolute atomic E-state index is 12.6. The molecule has 0 unspecified atom stereocenters. The van der Waals surface area contributed by atoms with Gasteiger partial charge in [-0.15, -0.1) is 0 Å². The number of nitrogens with zero attached hydrogens (tertiary/aromatic N) is 4. The van der Waals surface area contributed by atoms with Gasteiger partial charge in [0, 0.05) is 45.0 Å². The van der Waals surface area contributed by atoms with Crippen LogP contribution in [0.3, 0.4) is 0 Å². The Morgan fingerprint density at radius 3 is 2.80 bits per heavy atom. The van der Waals surface area contributed by atoms with Crippen molar-refractivity contribution in [3.63, 3.8) is 0 Å². The topological polar surface area (TPSA) is 78.7 Å². The average molecular weight is 302 g/mol. The van der Waals surface area contributed by atoms with Gasteiger partial charge in [-0.1, -0.05) is 0 Å². The number of aliphatic hydroxyl groups excluding tert-OH is 1. The standard InChI is InChI=1S/C12H22N4O3S/c1-3-15-10-12(8-13-15)20(18,19)16-6-5-14(2)11(9-16)4-7-17/h8,10-11,17H,3-7,9H2,1-2H3/t11-/m0/s1. The smallest absolute Gasteiger partial charge is 0.246 e. The van der Waals surface area contributed by atoms with E-state index < -0.39 is 10.0 Å². The predicted molar refractivity (Wildman–Crippen MR) is 74.8 cm³/mol. The largest absolute Gasteiger partial charge is 0.396 e. The molecule has 1 aliphatic rings. The van der Waals surface area contributed by atoms with Gasteiger partial charge in [0.1, 0.15) is 4.90 Å². The summed E-state index contributed by atoms with van der Waals surface area (Å²) in [5.74, 6) is 0. The van der Waals surface area contributed by atoms with Crippen LogP contribution in [0.1, 0.15) is 13.3 Å². The van der Waals surface area contributed by atoms with Crippen molar-refractivity contribution in [1.82, 2.24) is 19.0 Å². The molecule has 0 amide bonds. The average Bonchev–Trinajstić information content (AvgIpc) is 2.91. The number of likely N-dealkylation sites (N-methyl/N-ethyl adjacent to an activating group) is 1. The molecule has 0 bridgehead atoms. The van der Waals surface area contributed by atoms with Crippen LogP contribution in [-0.2, 0) is 16.6 Å². The first-order valence-corrected chi connectivity index (χ1v) is 8.26. The maximum atomic E-state index is 12.6. The summed E-state index contributed by atoms with van der Waals surface area (Å²) < 4.78 is 28.2. The molecule has 1 aromatic heterocycles. The Morgan fingerprint density at radius 1 is 1.45 bits per heavy atom. The summed E-state index contributed by atoms with van der Waals surface area (Å²) in [5, 5.41) is 13.1. The zero-order valence-electron chi connectivity index (χ0n) is 11.9. The Balaban J connectivity index is 2.17. The van der Waals surface area contributed by atoms with Crippen molar-refractivity contribution in [2.75, 3.05) is 33.3 Å². The highest BCUT2D eigenvalue weighted by atomic mass is 32.2. The fraction of sp³-hybridized carbons (Fsp3) is 0.750. The zero-order chi connectivity index (χ0) is 14.8. The first kappa shape index (κ1) is 15.4. The van der Waals surface area contributed by atoms with Gasteiger partial charge in [0.15, 0.2) is 0 Å². The van der Waals surface area contributed by atoms with Gasteiger partial charge in [0.05, 0.1) is 6.20 Å². The Morgan fingerprint density at radius 2 is 2.20 bits per heavy atom. The lowest BCUT2D eigenvalue weighted by Gasteiger charge is -2.38. The molecular formula is C12H22N4O3S. The van der Waals surface area contributed by atoms with Gasteiger partial charge >= 0.3 is 0 Å². The number of sulfonamides is 1. The molecule has 1 fully saturated rings. The van der Waals surface area contributed by atoms with Gasteiger partial charge < -0.3 is 10.0 Å². The maximum Gasteiger partial charge on any atom is 0.246 e. The van der Waals surface area contributed by atoms with E-state index in [0.717, 1.165) is 0 Å². The molecule has 1 atom stereocenters. The van der Waals surface area contributed by atoms with Crippen LogP contribution in [0.15, 0.2) is 17.3 Å². The Bertz CT molecular complexity index is 543. The lowest BCUT2D eigenvalue weighted by Crippen LogP contribution is -2.53. The highest BCUT2D eigenvalue weighted by Crippen LogP contribution is 2.20. The van der Waals surface area contributed by atoms with Crippen LogP contribution in [0.25, 0.3) is 0 Å². The number of piperazine rings is 1. The van der Waals surface area contributed by atoms with Crippen molar-refractivity contribution in [2.24, 2.45) is 0 Å². The van der Waals surface area contributed by atoms with E-state index in [9.17, 15) is 8.42 Å². The van der Waals surface area contributed by atoms with Crippen LogP contribution < -0.4 is 0 Å². The summed E-state index contributed by atoms with van der Waals surface area (Å²) in [4.78, 5) is 2.34. The molecule has 0 aromatic carbocycles. The fourth-order valence-corrected chi connectivity index (χ4v) is 3.82. The number of aliphatic hydroxyl groups is 1.